The highest BCUT2D eigenvalue weighted by Crippen LogP contribution is 2.39. The summed E-state index contributed by atoms with van der Waals surface area (Å²) in [5, 5.41) is 7.62. The van der Waals surface area contributed by atoms with Crippen molar-refractivity contribution in [2.24, 2.45) is 0 Å². The molecule has 0 unspecified atom stereocenters. The third kappa shape index (κ3) is 3.89. The van der Waals surface area contributed by atoms with E-state index in [0.29, 0.717) is 6.61 Å². The second-order valence-corrected chi connectivity index (χ2v) is 7.03. The van der Waals surface area contributed by atoms with Gasteiger partial charge in [0.25, 0.3) is 0 Å². The highest BCUT2D eigenvalue weighted by atomic mass is 32.2. The van der Waals surface area contributed by atoms with Crippen LogP contribution in [0.4, 0.5) is 0 Å². The van der Waals surface area contributed by atoms with Gasteiger partial charge < -0.3 is 14.6 Å². The van der Waals surface area contributed by atoms with E-state index in [2.05, 4.69) is 40.8 Å². The quantitative estimate of drug-likeness (QED) is 0.647. The van der Waals surface area contributed by atoms with Crippen molar-refractivity contribution in [3.05, 3.63) is 65.9 Å². The Labute approximate surface area is 151 Å². The van der Waals surface area contributed by atoms with Crippen molar-refractivity contribution in [2.45, 2.75) is 17.9 Å². The van der Waals surface area contributed by atoms with E-state index in [1.54, 1.807) is 0 Å². The van der Waals surface area contributed by atoms with Crippen molar-refractivity contribution in [2.75, 3.05) is 18.9 Å². The third-order valence-electron chi connectivity index (χ3n) is 4.12. The van der Waals surface area contributed by atoms with Crippen LogP contribution in [0.1, 0.15) is 11.3 Å². The summed E-state index contributed by atoms with van der Waals surface area (Å²) in [6.07, 6.45) is 0.969. The summed E-state index contributed by atoms with van der Waals surface area (Å²) in [6, 6.07) is 18.4. The molecule has 1 aliphatic heterocycles. The minimum absolute atomic E-state index is 0.627. The Morgan fingerprint density at radius 2 is 2.04 bits per heavy atom. The molecule has 1 aliphatic rings. The van der Waals surface area contributed by atoms with Crippen molar-refractivity contribution in [1.29, 1.82) is 0 Å². The third-order valence-corrected chi connectivity index (χ3v) is 5.24. The van der Waals surface area contributed by atoms with Gasteiger partial charge in [0.2, 0.25) is 0 Å². The van der Waals surface area contributed by atoms with Crippen LogP contribution in [0.25, 0.3) is 11.3 Å². The lowest BCUT2D eigenvalue weighted by Gasteiger charge is -2.09. The van der Waals surface area contributed by atoms with Crippen molar-refractivity contribution >= 4 is 11.8 Å². The number of aromatic nitrogens is 1. The number of hydrogen-bond donors (Lipinski definition) is 1. The summed E-state index contributed by atoms with van der Waals surface area (Å²) >= 11 is 1.82. The van der Waals surface area contributed by atoms with Crippen LogP contribution in [0.5, 0.6) is 5.75 Å². The highest BCUT2D eigenvalue weighted by molar-refractivity contribution is 7.99. The van der Waals surface area contributed by atoms with Crippen molar-refractivity contribution in [3.8, 4) is 17.0 Å². The van der Waals surface area contributed by atoms with Gasteiger partial charge in [-0.1, -0.05) is 47.6 Å². The summed E-state index contributed by atoms with van der Waals surface area (Å²) in [7, 11) is 0. The summed E-state index contributed by atoms with van der Waals surface area (Å²) in [6.45, 7) is 2.28. The monoisotopic (exact) mass is 352 g/mol. The average Bonchev–Trinajstić information content (AvgIpc) is 3.26. The number of benzene rings is 2. The number of hydrogen-bond acceptors (Lipinski definition) is 5. The predicted octanol–water partition coefficient (Wildman–Crippen LogP) is 4.16. The van der Waals surface area contributed by atoms with E-state index in [4.69, 9.17) is 9.26 Å². The molecule has 0 bridgehead atoms. The SMILES string of the molecule is c1ccc(CNCCOc2cccc(-c3noc4c3SCC4)c2)cc1. The molecule has 0 radical (unpaired) electrons. The molecular weight excluding hydrogens is 332 g/mol. The fourth-order valence-corrected chi connectivity index (χ4v) is 3.94. The fourth-order valence-electron chi connectivity index (χ4n) is 2.86. The van der Waals surface area contributed by atoms with Gasteiger partial charge in [0, 0.05) is 30.8 Å². The van der Waals surface area contributed by atoms with Crippen LogP contribution < -0.4 is 10.1 Å². The first kappa shape index (κ1) is 16.2. The van der Waals surface area contributed by atoms with E-state index >= 15 is 0 Å². The van der Waals surface area contributed by atoms with Crippen LogP contribution in [-0.4, -0.2) is 24.1 Å². The Bertz CT molecular complexity index is 833. The van der Waals surface area contributed by atoms with E-state index in [-0.39, 0.29) is 0 Å². The van der Waals surface area contributed by atoms with Gasteiger partial charge in [-0.15, -0.1) is 11.8 Å². The first-order chi connectivity index (χ1) is 12.4. The van der Waals surface area contributed by atoms with Crippen molar-refractivity contribution in [1.82, 2.24) is 10.5 Å². The van der Waals surface area contributed by atoms with E-state index in [0.717, 1.165) is 48.0 Å². The Morgan fingerprint density at radius 1 is 1.12 bits per heavy atom. The molecule has 0 saturated carbocycles. The molecule has 1 N–H and O–H groups in total. The van der Waals surface area contributed by atoms with Gasteiger partial charge in [-0.3, -0.25) is 0 Å². The van der Waals surface area contributed by atoms with Crippen LogP contribution in [0.2, 0.25) is 0 Å². The molecule has 25 heavy (non-hydrogen) atoms. The molecule has 1 aromatic heterocycles. The van der Waals surface area contributed by atoms with E-state index in [1.807, 2.05) is 36.0 Å². The molecule has 2 heterocycles. The minimum Gasteiger partial charge on any atom is -0.492 e. The van der Waals surface area contributed by atoms with Gasteiger partial charge in [-0.05, 0) is 17.7 Å². The number of nitrogens with one attached hydrogen (secondary N) is 1. The Balaban J connectivity index is 1.31. The molecule has 0 saturated heterocycles. The van der Waals surface area contributed by atoms with Crippen LogP contribution >= 0.6 is 11.8 Å². The number of fused-ring (bicyclic) bond motifs is 1. The minimum atomic E-state index is 0.627. The van der Waals surface area contributed by atoms with Crippen LogP contribution in [-0.2, 0) is 13.0 Å². The molecule has 0 fully saturated rings. The number of ether oxygens (including phenoxy) is 1. The molecule has 5 heteroatoms. The molecule has 0 atom stereocenters. The molecule has 0 spiro atoms. The molecule has 4 nitrogen and oxygen atoms in total. The topological polar surface area (TPSA) is 47.3 Å². The fraction of sp³-hybridized carbons (Fsp3) is 0.250. The second-order valence-electron chi connectivity index (χ2n) is 5.92. The van der Waals surface area contributed by atoms with Gasteiger partial charge in [0.05, 0.1) is 4.90 Å². The molecule has 128 valence electrons. The lowest BCUT2D eigenvalue weighted by Crippen LogP contribution is -2.20. The number of rotatable bonds is 7. The van der Waals surface area contributed by atoms with Crippen LogP contribution in [0.3, 0.4) is 0 Å². The van der Waals surface area contributed by atoms with Crippen molar-refractivity contribution < 1.29 is 9.26 Å². The first-order valence-electron chi connectivity index (χ1n) is 8.49. The molecular formula is C20H20N2O2S. The molecule has 0 aliphatic carbocycles. The summed E-state index contributed by atoms with van der Waals surface area (Å²) < 4.78 is 11.3. The predicted molar refractivity (Wildman–Crippen MR) is 100 cm³/mol. The summed E-state index contributed by atoms with van der Waals surface area (Å²) in [4.78, 5) is 1.18. The van der Waals surface area contributed by atoms with Crippen molar-refractivity contribution in [3.63, 3.8) is 0 Å². The summed E-state index contributed by atoms with van der Waals surface area (Å²) in [5.41, 5.74) is 3.26. The lowest BCUT2D eigenvalue weighted by molar-refractivity contribution is 0.314. The zero-order valence-electron chi connectivity index (χ0n) is 13.9. The smallest absolute Gasteiger partial charge is 0.151 e. The second kappa shape index (κ2) is 7.76. The first-order valence-corrected chi connectivity index (χ1v) is 9.48. The average molecular weight is 352 g/mol. The van der Waals surface area contributed by atoms with Gasteiger partial charge in [-0.2, -0.15) is 0 Å². The Morgan fingerprint density at radius 3 is 2.96 bits per heavy atom. The van der Waals surface area contributed by atoms with Gasteiger partial charge >= 0.3 is 0 Å². The number of thioether (sulfide) groups is 1. The van der Waals surface area contributed by atoms with Crippen LogP contribution in [0.15, 0.2) is 64.0 Å². The number of aryl methyl sites for hydroxylation is 1. The zero-order valence-corrected chi connectivity index (χ0v) is 14.7. The normalized spacial score (nSPS) is 13.0. The van der Waals surface area contributed by atoms with Crippen LogP contribution in [0, 0.1) is 0 Å². The Kier molecular flexibility index (Phi) is 5.04. The Hall–Kier alpha value is -2.24. The maximum atomic E-state index is 5.87. The number of nitrogens with zero attached hydrogens (tertiary/aromatic N) is 1. The highest BCUT2D eigenvalue weighted by Gasteiger charge is 2.22. The maximum absolute atomic E-state index is 5.87. The van der Waals surface area contributed by atoms with Gasteiger partial charge in [0.1, 0.15) is 18.1 Å². The molecule has 2 aromatic carbocycles. The van der Waals surface area contributed by atoms with E-state index in [1.165, 1.54) is 10.5 Å². The maximum Gasteiger partial charge on any atom is 0.151 e. The zero-order chi connectivity index (χ0) is 16.9. The lowest BCUT2D eigenvalue weighted by atomic mass is 10.1. The van der Waals surface area contributed by atoms with E-state index < -0.39 is 0 Å². The molecule has 0 amide bonds. The molecule has 4 rings (SSSR count). The van der Waals surface area contributed by atoms with Gasteiger partial charge in [-0.25, -0.2) is 0 Å². The molecule has 3 aromatic rings. The van der Waals surface area contributed by atoms with E-state index in [9.17, 15) is 0 Å². The summed E-state index contributed by atoms with van der Waals surface area (Å²) in [5.74, 6) is 2.95. The standard InChI is InChI=1S/C20H20N2O2S/c1-2-5-15(6-3-1)14-21-10-11-23-17-8-4-7-16(13-17)19-20-18(24-22-19)9-12-25-20/h1-8,13,21H,9-12,14H2. The van der Waals surface area contributed by atoms with Gasteiger partial charge in [0.15, 0.2) is 5.76 Å². The largest absolute Gasteiger partial charge is 0.492 e.